The molecule has 3 aromatic carbocycles. The van der Waals surface area contributed by atoms with Gasteiger partial charge in [0.15, 0.2) is 0 Å². The zero-order valence-corrected chi connectivity index (χ0v) is 20.8. The number of hydrogen-bond acceptors (Lipinski definition) is 9. The van der Waals surface area contributed by atoms with E-state index in [9.17, 15) is 0 Å². The Balaban J connectivity index is 1.25. The summed E-state index contributed by atoms with van der Waals surface area (Å²) in [4.78, 5) is 13.7. The van der Waals surface area contributed by atoms with Crippen molar-refractivity contribution in [2.24, 2.45) is 0 Å². The molecule has 0 radical (unpaired) electrons. The van der Waals surface area contributed by atoms with Crippen LogP contribution in [0.5, 0.6) is 0 Å². The Morgan fingerprint density at radius 1 is 0.590 bits per heavy atom. The fourth-order valence-electron chi connectivity index (χ4n) is 3.86. The van der Waals surface area contributed by atoms with Crippen molar-refractivity contribution in [2.45, 2.75) is 6.54 Å². The van der Waals surface area contributed by atoms with Gasteiger partial charge in [0.2, 0.25) is 17.8 Å². The predicted octanol–water partition coefficient (Wildman–Crippen LogP) is 4.92. The minimum atomic E-state index is 0.357. The van der Waals surface area contributed by atoms with Gasteiger partial charge in [0, 0.05) is 12.2 Å². The fourth-order valence-corrected chi connectivity index (χ4v) is 3.86. The first kappa shape index (κ1) is 23.7. The lowest BCUT2D eigenvalue weighted by atomic mass is 10.2. The molecule has 6 rings (SSSR count). The van der Waals surface area contributed by atoms with Gasteiger partial charge >= 0.3 is 0 Å². The topological polar surface area (TPSA) is 136 Å². The molecule has 39 heavy (non-hydrogen) atoms. The number of para-hydroxylation sites is 2. The first-order valence-electron chi connectivity index (χ1n) is 12.3. The van der Waals surface area contributed by atoms with Gasteiger partial charge in [-0.05, 0) is 42.0 Å². The van der Waals surface area contributed by atoms with Crippen LogP contribution in [0.2, 0.25) is 0 Å². The van der Waals surface area contributed by atoms with Crippen LogP contribution in [0.4, 0.5) is 34.9 Å². The van der Waals surface area contributed by atoms with Gasteiger partial charge in [-0.25, -0.2) is 9.36 Å². The first-order chi connectivity index (χ1) is 19.2. The van der Waals surface area contributed by atoms with Crippen LogP contribution in [0, 0.1) is 0 Å². The van der Waals surface area contributed by atoms with Crippen molar-refractivity contribution >= 4 is 34.9 Å². The molecule has 192 valence electrons. The number of nitrogen functional groups attached to an aromatic ring is 1. The highest BCUT2D eigenvalue weighted by Crippen LogP contribution is 2.20. The molecule has 0 fully saturated rings. The Morgan fingerprint density at radius 3 is 1.59 bits per heavy atom. The van der Waals surface area contributed by atoms with Crippen molar-refractivity contribution in [2.75, 3.05) is 21.7 Å². The molecular weight excluding hydrogens is 490 g/mol. The Labute approximate surface area is 224 Å². The number of nitrogens with two attached hydrogens (primary N) is 1. The van der Waals surface area contributed by atoms with Crippen molar-refractivity contribution in [1.82, 2.24) is 34.5 Å². The quantitative estimate of drug-likeness (QED) is 0.198. The van der Waals surface area contributed by atoms with Crippen LogP contribution in [0.15, 0.2) is 110 Å². The molecule has 11 nitrogen and oxygen atoms in total. The smallest absolute Gasteiger partial charge is 0.233 e. The second kappa shape index (κ2) is 10.7. The number of anilines is 6. The Kier molecular flexibility index (Phi) is 6.51. The average Bonchev–Trinajstić information content (AvgIpc) is 3.64. The second-order valence-electron chi connectivity index (χ2n) is 8.67. The highest BCUT2D eigenvalue weighted by atomic mass is 15.3. The van der Waals surface area contributed by atoms with Crippen LogP contribution in [0.3, 0.4) is 0 Å². The zero-order valence-electron chi connectivity index (χ0n) is 20.8. The SMILES string of the molecule is Nc1ccc(CNc2nc(Nc3cnn(-c4ccccc4)c3)nc(Nc3cnn(-c4ccccc4)c3)n2)cc1. The van der Waals surface area contributed by atoms with Gasteiger partial charge in [-0.3, -0.25) is 0 Å². The first-order valence-corrected chi connectivity index (χ1v) is 12.3. The molecule has 0 saturated carbocycles. The Hall–Kier alpha value is -5.71. The molecule has 3 aromatic heterocycles. The van der Waals surface area contributed by atoms with Gasteiger partial charge in [0.05, 0.1) is 47.5 Å². The molecular formula is C28H25N11. The fraction of sp³-hybridized carbons (Fsp3) is 0.0357. The lowest BCUT2D eigenvalue weighted by molar-refractivity contribution is 0.880. The van der Waals surface area contributed by atoms with E-state index in [1.165, 1.54) is 0 Å². The zero-order chi connectivity index (χ0) is 26.4. The molecule has 11 heteroatoms. The lowest BCUT2D eigenvalue weighted by Crippen LogP contribution is -2.09. The molecule has 0 atom stereocenters. The third-order valence-electron chi connectivity index (χ3n) is 5.78. The number of hydrogen-bond donors (Lipinski definition) is 4. The maximum atomic E-state index is 5.81. The normalized spacial score (nSPS) is 10.8. The summed E-state index contributed by atoms with van der Waals surface area (Å²) in [7, 11) is 0. The minimum absolute atomic E-state index is 0.357. The number of aromatic nitrogens is 7. The van der Waals surface area contributed by atoms with Crippen LogP contribution in [-0.4, -0.2) is 34.5 Å². The largest absolute Gasteiger partial charge is 0.399 e. The van der Waals surface area contributed by atoms with Crippen molar-refractivity contribution in [1.29, 1.82) is 0 Å². The Bertz CT molecular complexity index is 1560. The monoisotopic (exact) mass is 515 g/mol. The van der Waals surface area contributed by atoms with E-state index in [4.69, 9.17) is 5.73 Å². The standard InChI is InChI=1S/C28H25N11/c29-21-13-11-20(12-14-21)15-30-26-35-27(33-22-16-31-38(18-22)24-7-3-1-4-8-24)37-28(36-26)34-23-17-32-39(19-23)25-9-5-2-6-10-25/h1-14,16-19H,15,29H2,(H3,30,33,34,35,36,37). The molecule has 0 amide bonds. The summed E-state index contributed by atoms with van der Waals surface area (Å²) in [6.07, 6.45) is 7.18. The number of rotatable bonds is 9. The summed E-state index contributed by atoms with van der Waals surface area (Å²) < 4.78 is 3.56. The summed E-state index contributed by atoms with van der Waals surface area (Å²) in [5.74, 6) is 1.11. The molecule has 0 bridgehead atoms. The minimum Gasteiger partial charge on any atom is -0.399 e. The molecule has 0 aliphatic rings. The lowest BCUT2D eigenvalue weighted by Gasteiger charge is -2.10. The van der Waals surface area contributed by atoms with E-state index >= 15 is 0 Å². The molecule has 0 unspecified atom stereocenters. The maximum absolute atomic E-state index is 5.81. The van der Waals surface area contributed by atoms with Gasteiger partial charge in [-0.2, -0.15) is 25.1 Å². The molecule has 0 aliphatic carbocycles. The third kappa shape index (κ3) is 5.83. The molecule has 3 heterocycles. The van der Waals surface area contributed by atoms with E-state index in [1.807, 2.05) is 97.3 Å². The van der Waals surface area contributed by atoms with E-state index in [0.717, 1.165) is 28.3 Å². The molecule has 0 saturated heterocycles. The van der Waals surface area contributed by atoms with Crippen LogP contribution in [0.1, 0.15) is 5.56 Å². The summed E-state index contributed by atoms with van der Waals surface area (Å²) in [6, 6.07) is 27.4. The molecule has 0 aliphatic heterocycles. The van der Waals surface area contributed by atoms with Crippen molar-refractivity contribution in [3.05, 3.63) is 115 Å². The van der Waals surface area contributed by atoms with E-state index in [0.29, 0.717) is 30.1 Å². The van der Waals surface area contributed by atoms with Gasteiger partial charge in [-0.15, -0.1) is 0 Å². The molecule has 6 aromatic rings. The second-order valence-corrected chi connectivity index (χ2v) is 8.67. The summed E-state index contributed by atoms with van der Waals surface area (Å²) in [5.41, 5.74) is 10.9. The van der Waals surface area contributed by atoms with Gasteiger partial charge in [0.25, 0.3) is 0 Å². The van der Waals surface area contributed by atoms with Crippen LogP contribution in [0.25, 0.3) is 11.4 Å². The highest BCUT2D eigenvalue weighted by Gasteiger charge is 2.11. The van der Waals surface area contributed by atoms with E-state index in [2.05, 4.69) is 41.1 Å². The number of benzene rings is 3. The third-order valence-corrected chi connectivity index (χ3v) is 5.78. The van der Waals surface area contributed by atoms with Crippen LogP contribution < -0.4 is 21.7 Å². The molecule has 5 N–H and O–H groups in total. The average molecular weight is 516 g/mol. The summed E-state index contributed by atoms with van der Waals surface area (Å²) in [6.45, 7) is 0.515. The maximum Gasteiger partial charge on any atom is 0.233 e. The summed E-state index contributed by atoms with van der Waals surface area (Å²) >= 11 is 0. The van der Waals surface area contributed by atoms with E-state index in [-0.39, 0.29) is 0 Å². The Morgan fingerprint density at radius 2 is 1.08 bits per heavy atom. The van der Waals surface area contributed by atoms with Gasteiger partial charge < -0.3 is 21.7 Å². The van der Waals surface area contributed by atoms with Crippen LogP contribution >= 0.6 is 0 Å². The predicted molar refractivity (Wildman–Crippen MR) is 152 cm³/mol. The van der Waals surface area contributed by atoms with E-state index in [1.54, 1.807) is 21.8 Å². The van der Waals surface area contributed by atoms with Gasteiger partial charge in [-0.1, -0.05) is 48.5 Å². The number of nitrogens with one attached hydrogen (secondary N) is 3. The van der Waals surface area contributed by atoms with E-state index < -0.39 is 0 Å². The summed E-state index contributed by atoms with van der Waals surface area (Å²) in [5, 5.41) is 18.6. The number of nitrogens with zero attached hydrogens (tertiary/aromatic N) is 7. The highest BCUT2D eigenvalue weighted by molar-refractivity contribution is 5.58. The van der Waals surface area contributed by atoms with Crippen LogP contribution in [-0.2, 0) is 6.54 Å². The molecule has 0 spiro atoms. The van der Waals surface area contributed by atoms with Crippen molar-refractivity contribution < 1.29 is 0 Å². The van der Waals surface area contributed by atoms with Crippen molar-refractivity contribution in [3.63, 3.8) is 0 Å². The van der Waals surface area contributed by atoms with Crippen molar-refractivity contribution in [3.8, 4) is 11.4 Å². The van der Waals surface area contributed by atoms with Gasteiger partial charge in [0.1, 0.15) is 0 Å².